The van der Waals surface area contributed by atoms with E-state index >= 15 is 0 Å². The first-order valence-corrected chi connectivity index (χ1v) is 7.53. The number of aromatic nitrogens is 4. The largest absolute Gasteiger partial charge is 0.470 e. The number of imidazole rings is 1. The molecular formula is C18H20N4O. The summed E-state index contributed by atoms with van der Waals surface area (Å²) in [6.07, 6.45) is 7.47. The molecule has 0 radical (unpaired) electrons. The van der Waals surface area contributed by atoms with Crippen LogP contribution in [0.15, 0.2) is 36.7 Å². The van der Waals surface area contributed by atoms with Crippen LogP contribution in [0.25, 0.3) is 23.2 Å². The fourth-order valence-electron chi connectivity index (χ4n) is 2.16. The molecule has 0 aliphatic carbocycles. The predicted octanol–water partition coefficient (Wildman–Crippen LogP) is 3.71. The molecule has 2 heterocycles. The molecular weight excluding hydrogens is 288 g/mol. The van der Waals surface area contributed by atoms with Gasteiger partial charge in [0.1, 0.15) is 17.1 Å². The van der Waals surface area contributed by atoms with Crippen molar-refractivity contribution in [3.63, 3.8) is 0 Å². The van der Waals surface area contributed by atoms with Gasteiger partial charge in [-0.2, -0.15) is 0 Å². The van der Waals surface area contributed by atoms with E-state index < -0.39 is 0 Å². The molecule has 5 heteroatoms. The van der Waals surface area contributed by atoms with Gasteiger partial charge in [-0.1, -0.05) is 12.1 Å². The Kier molecular flexibility index (Phi) is 3.86. The Balaban J connectivity index is 2.07. The molecule has 0 bridgehead atoms. The number of hydrogen-bond acceptors (Lipinski definition) is 4. The molecule has 1 aromatic carbocycles. The molecule has 3 aromatic rings. The molecule has 0 spiro atoms. The highest BCUT2D eigenvalue weighted by Gasteiger charge is 2.17. The van der Waals surface area contributed by atoms with Crippen molar-refractivity contribution in [3.05, 3.63) is 48.2 Å². The van der Waals surface area contributed by atoms with Crippen LogP contribution < -0.4 is 4.74 Å². The van der Waals surface area contributed by atoms with E-state index in [1.165, 1.54) is 0 Å². The molecule has 0 saturated carbocycles. The van der Waals surface area contributed by atoms with Crippen LogP contribution in [0.2, 0.25) is 0 Å². The molecule has 0 amide bonds. The highest BCUT2D eigenvalue weighted by Crippen LogP contribution is 2.24. The highest BCUT2D eigenvalue weighted by atomic mass is 16.5. The number of benzene rings is 1. The van der Waals surface area contributed by atoms with E-state index in [1.807, 2.05) is 75.0 Å². The molecule has 0 fully saturated rings. The van der Waals surface area contributed by atoms with Crippen molar-refractivity contribution in [2.75, 3.05) is 0 Å². The van der Waals surface area contributed by atoms with Crippen LogP contribution >= 0.6 is 0 Å². The van der Waals surface area contributed by atoms with Crippen LogP contribution in [0.3, 0.4) is 0 Å². The number of aryl methyl sites for hydroxylation is 1. The third-order valence-electron chi connectivity index (χ3n) is 3.22. The number of rotatable bonds is 3. The van der Waals surface area contributed by atoms with E-state index in [2.05, 4.69) is 15.0 Å². The van der Waals surface area contributed by atoms with E-state index in [9.17, 15) is 0 Å². The number of hydrogen-bond donors (Lipinski definition) is 0. The average molecular weight is 308 g/mol. The summed E-state index contributed by atoms with van der Waals surface area (Å²) in [5.41, 5.74) is 2.01. The highest BCUT2D eigenvalue weighted by molar-refractivity contribution is 5.78. The number of fused-ring (bicyclic) bond motifs is 1. The van der Waals surface area contributed by atoms with Gasteiger partial charge in [0, 0.05) is 19.4 Å². The SMILES string of the molecule is Cn1ccnc1/C=C/c1nc2ccccc2nc1OC(C)(C)C. The second-order valence-electron chi connectivity index (χ2n) is 6.35. The monoisotopic (exact) mass is 308 g/mol. The topological polar surface area (TPSA) is 52.8 Å². The number of ether oxygens (including phenoxy) is 1. The van der Waals surface area contributed by atoms with Gasteiger partial charge in [0.2, 0.25) is 5.88 Å². The van der Waals surface area contributed by atoms with Crippen molar-refractivity contribution in [3.8, 4) is 5.88 Å². The van der Waals surface area contributed by atoms with Crippen LogP contribution in [-0.4, -0.2) is 25.1 Å². The Hall–Kier alpha value is -2.69. The summed E-state index contributed by atoms with van der Waals surface area (Å²) in [7, 11) is 1.95. The molecule has 0 aliphatic rings. The third kappa shape index (κ3) is 3.56. The smallest absolute Gasteiger partial charge is 0.241 e. The Morgan fingerprint density at radius 1 is 1.04 bits per heavy atom. The predicted molar refractivity (Wildman–Crippen MR) is 92.1 cm³/mol. The minimum atomic E-state index is -0.344. The Morgan fingerprint density at radius 2 is 1.74 bits per heavy atom. The first kappa shape index (κ1) is 15.2. The third-order valence-corrected chi connectivity index (χ3v) is 3.22. The van der Waals surface area contributed by atoms with Crippen LogP contribution in [0.1, 0.15) is 32.3 Å². The van der Waals surface area contributed by atoms with Gasteiger partial charge in [0.25, 0.3) is 0 Å². The maximum absolute atomic E-state index is 5.99. The van der Waals surface area contributed by atoms with Crippen molar-refractivity contribution in [2.24, 2.45) is 7.05 Å². The Bertz CT molecular complexity index is 859. The lowest BCUT2D eigenvalue weighted by atomic mass is 10.2. The minimum absolute atomic E-state index is 0.344. The first-order valence-electron chi connectivity index (χ1n) is 7.53. The maximum Gasteiger partial charge on any atom is 0.241 e. The van der Waals surface area contributed by atoms with E-state index in [-0.39, 0.29) is 5.60 Å². The van der Waals surface area contributed by atoms with Crippen molar-refractivity contribution in [2.45, 2.75) is 26.4 Å². The van der Waals surface area contributed by atoms with Crippen LogP contribution in [0.4, 0.5) is 0 Å². The molecule has 0 aliphatic heterocycles. The Labute approximate surface area is 135 Å². The van der Waals surface area contributed by atoms with Gasteiger partial charge < -0.3 is 9.30 Å². The van der Waals surface area contributed by atoms with Gasteiger partial charge in [-0.3, -0.25) is 0 Å². The van der Waals surface area contributed by atoms with Crippen molar-refractivity contribution in [1.82, 2.24) is 19.5 Å². The first-order chi connectivity index (χ1) is 10.9. The van der Waals surface area contributed by atoms with E-state index in [1.54, 1.807) is 6.20 Å². The average Bonchev–Trinajstić information content (AvgIpc) is 2.89. The maximum atomic E-state index is 5.99. The normalized spacial score (nSPS) is 12.2. The van der Waals surface area contributed by atoms with Crippen molar-refractivity contribution < 1.29 is 4.74 Å². The standard InChI is InChI=1S/C18H20N4O/c1-18(2,3)23-17-15(9-10-16-19-11-12-22(16)4)20-13-7-5-6-8-14(13)21-17/h5-12H,1-4H3/b10-9+. The fourth-order valence-corrected chi connectivity index (χ4v) is 2.16. The molecule has 0 N–H and O–H groups in total. The summed E-state index contributed by atoms with van der Waals surface area (Å²) in [6, 6.07) is 7.78. The van der Waals surface area contributed by atoms with Gasteiger partial charge in [-0.15, -0.1) is 0 Å². The summed E-state index contributed by atoms with van der Waals surface area (Å²) >= 11 is 0. The zero-order valence-corrected chi connectivity index (χ0v) is 13.8. The molecule has 2 aromatic heterocycles. The Morgan fingerprint density at radius 3 is 2.35 bits per heavy atom. The fraction of sp³-hybridized carbons (Fsp3) is 0.278. The lowest BCUT2D eigenvalue weighted by molar-refractivity contribution is 0.123. The minimum Gasteiger partial charge on any atom is -0.470 e. The summed E-state index contributed by atoms with van der Waals surface area (Å²) in [5.74, 6) is 1.38. The van der Waals surface area contributed by atoms with Gasteiger partial charge in [-0.25, -0.2) is 15.0 Å². The van der Waals surface area contributed by atoms with Gasteiger partial charge in [-0.05, 0) is 45.1 Å². The second-order valence-corrected chi connectivity index (χ2v) is 6.35. The van der Waals surface area contributed by atoms with Crippen molar-refractivity contribution in [1.29, 1.82) is 0 Å². The lowest BCUT2D eigenvalue weighted by Crippen LogP contribution is -2.24. The molecule has 3 rings (SSSR count). The molecule has 0 atom stereocenters. The summed E-state index contributed by atoms with van der Waals surface area (Å²) in [5, 5.41) is 0. The lowest BCUT2D eigenvalue weighted by Gasteiger charge is -2.21. The second kappa shape index (κ2) is 5.83. The summed E-state index contributed by atoms with van der Waals surface area (Å²) in [6.45, 7) is 5.99. The van der Waals surface area contributed by atoms with Crippen LogP contribution in [0.5, 0.6) is 5.88 Å². The molecule has 23 heavy (non-hydrogen) atoms. The quantitative estimate of drug-likeness (QED) is 0.740. The molecule has 118 valence electrons. The molecule has 0 unspecified atom stereocenters. The number of para-hydroxylation sites is 2. The van der Waals surface area contributed by atoms with Crippen molar-refractivity contribution >= 4 is 23.2 Å². The van der Waals surface area contributed by atoms with Gasteiger partial charge in [0.15, 0.2) is 0 Å². The van der Waals surface area contributed by atoms with Gasteiger partial charge >= 0.3 is 0 Å². The zero-order valence-electron chi connectivity index (χ0n) is 13.8. The molecule has 0 saturated heterocycles. The van der Waals surface area contributed by atoms with E-state index in [4.69, 9.17) is 4.74 Å². The van der Waals surface area contributed by atoms with E-state index in [0.717, 1.165) is 16.9 Å². The zero-order chi connectivity index (χ0) is 16.4. The van der Waals surface area contributed by atoms with Crippen LogP contribution in [-0.2, 0) is 7.05 Å². The van der Waals surface area contributed by atoms with Gasteiger partial charge in [0.05, 0.1) is 11.0 Å². The number of nitrogens with zero attached hydrogens (tertiary/aromatic N) is 4. The van der Waals surface area contributed by atoms with E-state index in [0.29, 0.717) is 11.6 Å². The molecule has 5 nitrogen and oxygen atoms in total. The van der Waals surface area contributed by atoms with Crippen LogP contribution in [0, 0.1) is 0 Å². The summed E-state index contributed by atoms with van der Waals surface area (Å²) < 4.78 is 7.93. The summed E-state index contributed by atoms with van der Waals surface area (Å²) in [4.78, 5) is 13.6.